The van der Waals surface area contributed by atoms with Gasteiger partial charge in [-0.3, -0.25) is 4.79 Å². The first-order valence-corrected chi connectivity index (χ1v) is 10.4. The molecule has 8 heteroatoms. The Bertz CT molecular complexity index is 1320. The lowest BCUT2D eigenvalue weighted by Crippen LogP contribution is -2.15. The molecule has 0 bridgehead atoms. The van der Waals surface area contributed by atoms with Crippen molar-refractivity contribution in [3.05, 3.63) is 83.7 Å². The summed E-state index contributed by atoms with van der Waals surface area (Å²) in [5.74, 6) is -0.746. The Morgan fingerprint density at radius 1 is 1.06 bits per heavy atom. The fourth-order valence-corrected chi connectivity index (χ4v) is 3.48. The van der Waals surface area contributed by atoms with Crippen LogP contribution < -0.4 is 4.74 Å². The lowest BCUT2D eigenvalue weighted by Gasteiger charge is -2.17. The summed E-state index contributed by atoms with van der Waals surface area (Å²) in [7, 11) is 0. The summed E-state index contributed by atoms with van der Waals surface area (Å²) >= 11 is 0. The number of benzene rings is 2. The summed E-state index contributed by atoms with van der Waals surface area (Å²) in [5, 5.41) is 23.3. The first kappa shape index (κ1) is 22.2. The molecule has 0 aliphatic rings. The van der Waals surface area contributed by atoms with E-state index < -0.39 is 18.2 Å². The Balaban J connectivity index is 1.64. The number of Topliss-reactive ketones (excluding diaryl/α,β-unsaturated/α-hetero) is 1. The van der Waals surface area contributed by atoms with E-state index in [0.717, 1.165) is 11.1 Å². The molecule has 2 N–H and O–H groups in total. The standard InChI is InChI=1S/C25H23N3O5/c1-25(2,32)18-8-6-16(7-9-18)22(29)14-19-13-21(28-23(27-19)10-11-26-28)17-4-3-5-20(12-17)33-15-24(30)31/h3-13,32H,14-15H2,1-2H3,(H,30,31). The number of carboxylic acid groups (broad SMARTS) is 1. The second-order valence-electron chi connectivity index (χ2n) is 8.18. The number of carboxylic acids is 1. The van der Waals surface area contributed by atoms with Gasteiger partial charge in [0.1, 0.15) is 5.75 Å². The number of carbonyl (C=O) groups excluding carboxylic acids is 1. The van der Waals surface area contributed by atoms with Crippen LogP contribution in [0, 0.1) is 0 Å². The van der Waals surface area contributed by atoms with Gasteiger partial charge in [0.15, 0.2) is 18.0 Å². The summed E-state index contributed by atoms with van der Waals surface area (Å²) in [6.45, 7) is 2.94. The van der Waals surface area contributed by atoms with Crippen molar-refractivity contribution in [2.75, 3.05) is 6.61 Å². The van der Waals surface area contributed by atoms with Gasteiger partial charge in [0, 0.05) is 17.2 Å². The molecule has 4 rings (SSSR count). The van der Waals surface area contributed by atoms with E-state index in [-0.39, 0.29) is 12.2 Å². The first-order valence-electron chi connectivity index (χ1n) is 10.4. The zero-order chi connectivity index (χ0) is 23.6. The maximum absolute atomic E-state index is 12.9. The molecule has 4 aromatic rings. The summed E-state index contributed by atoms with van der Waals surface area (Å²) in [6, 6.07) is 17.5. The van der Waals surface area contributed by atoms with E-state index in [1.54, 1.807) is 79.2 Å². The van der Waals surface area contributed by atoms with E-state index in [1.807, 2.05) is 6.07 Å². The van der Waals surface area contributed by atoms with Crippen LogP contribution in [0.3, 0.4) is 0 Å². The fraction of sp³-hybridized carbons (Fsp3) is 0.200. The maximum atomic E-state index is 12.9. The molecule has 2 heterocycles. The van der Waals surface area contributed by atoms with Gasteiger partial charge in [0.05, 0.1) is 29.6 Å². The number of ether oxygens (including phenoxy) is 1. The van der Waals surface area contributed by atoms with Crippen molar-refractivity contribution in [1.29, 1.82) is 0 Å². The fourth-order valence-electron chi connectivity index (χ4n) is 3.48. The van der Waals surface area contributed by atoms with Gasteiger partial charge >= 0.3 is 5.97 Å². The molecule has 0 aliphatic heterocycles. The van der Waals surface area contributed by atoms with Crippen molar-refractivity contribution in [2.24, 2.45) is 0 Å². The molecule has 8 nitrogen and oxygen atoms in total. The number of fused-ring (bicyclic) bond motifs is 1. The molecule has 0 saturated carbocycles. The van der Waals surface area contributed by atoms with E-state index in [9.17, 15) is 14.7 Å². The second kappa shape index (κ2) is 8.84. The van der Waals surface area contributed by atoms with Crippen molar-refractivity contribution in [3.63, 3.8) is 0 Å². The number of hydrogen-bond acceptors (Lipinski definition) is 6. The second-order valence-corrected chi connectivity index (χ2v) is 8.18. The molecule has 0 saturated heterocycles. The summed E-state index contributed by atoms with van der Waals surface area (Å²) < 4.78 is 6.95. The Kier molecular flexibility index (Phi) is 5.93. The Morgan fingerprint density at radius 3 is 2.52 bits per heavy atom. The Labute approximate surface area is 190 Å². The number of rotatable bonds is 8. The molecule has 0 unspecified atom stereocenters. The number of carbonyl (C=O) groups is 2. The molecule has 168 valence electrons. The quantitative estimate of drug-likeness (QED) is 0.399. The predicted molar refractivity (Wildman–Crippen MR) is 121 cm³/mol. The van der Waals surface area contributed by atoms with Crippen LogP contribution in [0.5, 0.6) is 5.75 Å². The molecular formula is C25H23N3O5. The minimum atomic E-state index is -1.06. The number of aliphatic carboxylic acids is 1. The molecule has 0 fully saturated rings. The van der Waals surface area contributed by atoms with E-state index >= 15 is 0 Å². The molecule has 0 aliphatic carbocycles. The third-order valence-corrected chi connectivity index (χ3v) is 5.16. The summed E-state index contributed by atoms with van der Waals surface area (Å²) in [4.78, 5) is 28.3. The first-order chi connectivity index (χ1) is 15.7. The van der Waals surface area contributed by atoms with Crippen molar-refractivity contribution >= 4 is 17.4 Å². The molecule has 0 amide bonds. The number of hydrogen-bond donors (Lipinski definition) is 2. The molecular weight excluding hydrogens is 422 g/mol. The van der Waals surface area contributed by atoms with Crippen LogP contribution in [-0.2, 0) is 16.8 Å². The van der Waals surface area contributed by atoms with E-state index in [0.29, 0.717) is 28.3 Å². The minimum absolute atomic E-state index is 0.0890. The lowest BCUT2D eigenvalue weighted by atomic mass is 9.96. The maximum Gasteiger partial charge on any atom is 0.341 e. The van der Waals surface area contributed by atoms with Crippen LogP contribution >= 0.6 is 0 Å². The van der Waals surface area contributed by atoms with Gasteiger partial charge in [-0.25, -0.2) is 14.3 Å². The zero-order valence-corrected chi connectivity index (χ0v) is 18.2. The Morgan fingerprint density at radius 2 is 1.82 bits per heavy atom. The monoisotopic (exact) mass is 445 g/mol. The third kappa shape index (κ3) is 5.07. The van der Waals surface area contributed by atoms with Gasteiger partial charge in [-0.15, -0.1) is 0 Å². The molecule has 0 spiro atoms. The highest BCUT2D eigenvalue weighted by atomic mass is 16.5. The summed E-state index contributed by atoms with van der Waals surface area (Å²) in [5.41, 5.74) is 2.89. The van der Waals surface area contributed by atoms with Gasteiger partial charge < -0.3 is 14.9 Å². The van der Waals surface area contributed by atoms with Crippen LogP contribution in [-0.4, -0.2) is 43.2 Å². The van der Waals surface area contributed by atoms with Gasteiger partial charge in [-0.1, -0.05) is 36.4 Å². The molecule has 2 aromatic carbocycles. The topological polar surface area (TPSA) is 114 Å². The molecule has 2 aromatic heterocycles. The van der Waals surface area contributed by atoms with E-state index in [4.69, 9.17) is 9.84 Å². The highest BCUT2D eigenvalue weighted by Gasteiger charge is 2.17. The van der Waals surface area contributed by atoms with Gasteiger partial charge in [0.2, 0.25) is 0 Å². The average Bonchev–Trinajstić information content (AvgIpc) is 3.25. The van der Waals surface area contributed by atoms with Gasteiger partial charge in [-0.05, 0) is 37.6 Å². The number of aliphatic hydroxyl groups is 1. The van der Waals surface area contributed by atoms with Crippen molar-refractivity contribution in [2.45, 2.75) is 25.9 Å². The van der Waals surface area contributed by atoms with Gasteiger partial charge in [-0.2, -0.15) is 5.10 Å². The molecule has 0 radical (unpaired) electrons. The average molecular weight is 445 g/mol. The van der Waals surface area contributed by atoms with Crippen LogP contribution in [0.2, 0.25) is 0 Å². The largest absolute Gasteiger partial charge is 0.482 e. The van der Waals surface area contributed by atoms with Crippen molar-refractivity contribution in [1.82, 2.24) is 14.6 Å². The SMILES string of the molecule is CC(C)(O)c1ccc(C(=O)Cc2cc(-c3cccc(OCC(=O)O)c3)n3nccc3n2)cc1. The number of ketones is 1. The van der Waals surface area contributed by atoms with E-state index in [2.05, 4.69) is 10.1 Å². The van der Waals surface area contributed by atoms with Crippen LogP contribution in [0.4, 0.5) is 0 Å². The van der Waals surface area contributed by atoms with Gasteiger partial charge in [0.25, 0.3) is 0 Å². The minimum Gasteiger partial charge on any atom is -0.482 e. The lowest BCUT2D eigenvalue weighted by molar-refractivity contribution is -0.139. The number of nitrogens with zero attached hydrogens (tertiary/aromatic N) is 3. The molecule has 0 atom stereocenters. The smallest absolute Gasteiger partial charge is 0.341 e. The van der Waals surface area contributed by atoms with Crippen molar-refractivity contribution in [3.8, 4) is 17.0 Å². The predicted octanol–water partition coefficient (Wildman–Crippen LogP) is 3.51. The molecule has 33 heavy (non-hydrogen) atoms. The van der Waals surface area contributed by atoms with Crippen molar-refractivity contribution < 1.29 is 24.5 Å². The highest BCUT2D eigenvalue weighted by molar-refractivity contribution is 5.97. The summed E-state index contributed by atoms with van der Waals surface area (Å²) in [6.07, 6.45) is 1.71. The Hall–Kier alpha value is -4.04. The third-order valence-electron chi connectivity index (χ3n) is 5.16. The van der Waals surface area contributed by atoms with E-state index in [1.165, 1.54) is 0 Å². The van der Waals surface area contributed by atoms with Crippen LogP contribution in [0.1, 0.15) is 35.5 Å². The highest BCUT2D eigenvalue weighted by Crippen LogP contribution is 2.26. The van der Waals surface area contributed by atoms with Crippen LogP contribution in [0.25, 0.3) is 16.9 Å². The zero-order valence-electron chi connectivity index (χ0n) is 18.2. The van der Waals surface area contributed by atoms with Crippen LogP contribution in [0.15, 0.2) is 66.9 Å². The number of aromatic nitrogens is 3. The normalized spacial score (nSPS) is 11.5.